The highest BCUT2D eigenvalue weighted by Gasteiger charge is 2.46. The Bertz CT molecular complexity index is 3870. The molecule has 3 aliphatic heterocycles. The zero-order chi connectivity index (χ0) is 67.1. The van der Waals surface area contributed by atoms with Crippen LogP contribution in [-0.4, -0.2) is 130 Å². The van der Waals surface area contributed by atoms with Gasteiger partial charge in [-0.15, -0.1) is 0 Å². The zero-order valence-electron chi connectivity index (χ0n) is 52.4. The summed E-state index contributed by atoms with van der Waals surface area (Å²) in [7, 11) is -15.4. The van der Waals surface area contributed by atoms with Crippen molar-refractivity contribution in [2.24, 2.45) is 0 Å². The third kappa shape index (κ3) is 20.3. The second-order valence-electron chi connectivity index (χ2n) is 24.3. The molecule has 2 aromatic heterocycles. The average molecular weight is 1420 g/mol. The zero-order valence-corrected chi connectivity index (χ0v) is 59.2. The van der Waals surface area contributed by atoms with Crippen molar-refractivity contribution in [3.63, 3.8) is 0 Å². The number of H-pyrrole nitrogens is 1. The number of ether oxygens (including phenoxy) is 3. The van der Waals surface area contributed by atoms with Crippen molar-refractivity contribution in [2.75, 3.05) is 55.4 Å². The van der Waals surface area contributed by atoms with Gasteiger partial charge < -0.3 is 54.3 Å². The van der Waals surface area contributed by atoms with E-state index in [2.05, 4.69) is 116 Å². The molecule has 0 saturated carbocycles. The summed E-state index contributed by atoms with van der Waals surface area (Å²) in [5.41, 5.74) is 12.5. The monoisotopic (exact) mass is 1420 g/mol. The molecular formula is C58H81N7O18P3S5+. The lowest BCUT2D eigenvalue weighted by Crippen LogP contribution is -2.35. The summed E-state index contributed by atoms with van der Waals surface area (Å²) < 4.78 is 104. The van der Waals surface area contributed by atoms with Gasteiger partial charge in [0.05, 0.1) is 34.0 Å². The number of aromatic amines is 1. The first-order valence-corrected chi connectivity index (χ1v) is 39.5. The van der Waals surface area contributed by atoms with E-state index in [0.29, 0.717) is 19.5 Å². The van der Waals surface area contributed by atoms with Gasteiger partial charge in [0.15, 0.2) is 11.4 Å². The highest BCUT2D eigenvalue weighted by atomic mass is 33.1. The van der Waals surface area contributed by atoms with Crippen LogP contribution in [0.5, 0.6) is 0 Å². The molecule has 1 saturated heterocycles. The molecule has 3 aliphatic rings. The van der Waals surface area contributed by atoms with Gasteiger partial charge in [-0.25, -0.2) is 13.7 Å². The number of unbranched alkanes of at least 4 members (excludes halogenated alkanes) is 2. The molecule has 1 fully saturated rings. The predicted octanol–water partition coefficient (Wildman–Crippen LogP) is 11.1. The number of benzene rings is 2. The number of hydrogen-bond acceptors (Lipinski definition) is 20. The number of aryl methyl sites for hydroxylation is 1. The number of hydrogen-bond donors (Lipinski definition) is 8. The van der Waals surface area contributed by atoms with Crippen LogP contribution < -0.4 is 21.5 Å². The highest BCUT2D eigenvalue weighted by Crippen LogP contribution is 2.66. The summed E-state index contributed by atoms with van der Waals surface area (Å²) in [6.45, 7) is 23.9. The van der Waals surface area contributed by atoms with Crippen molar-refractivity contribution < 1.29 is 83.0 Å². The van der Waals surface area contributed by atoms with E-state index >= 15 is 0 Å². The maximum atomic E-state index is 13.3. The van der Waals surface area contributed by atoms with Crippen molar-refractivity contribution in [3.05, 3.63) is 111 Å². The molecule has 91 heavy (non-hydrogen) atoms. The topological polar surface area (TPSA) is 354 Å². The van der Waals surface area contributed by atoms with E-state index < -0.39 is 69.6 Å². The molecule has 500 valence electrons. The van der Waals surface area contributed by atoms with Crippen LogP contribution in [0.2, 0.25) is 0 Å². The molecule has 7 rings (SSSR count). The molecule has 0 aliphatic carbocycles. The van der Waals surface area contributed by atoms with Gasteiger partial charge in [0.1, 0.15) is 37.4 Å². The maximum absolute atomic E-state index is 13.3. The Balaban J connectivity index is 0.884. The quantitative estimate of drug-likeness (QED) is 0.00351. The lowest BCUT2D eigenvalue weighted by molar-refractivity contribution is -0.438. The summed E-state index contributed by atoms with van der Waals surface area (Å²) in [4.78, 5) is 73.0. The lowest BCUT2D eigenvalue weighted by Gasteiger charge is -2.25. The summed E-state index contributed by atoms with van der Waals surface area (Å²) in [6, 6.07) is 11.3. The Labute approximate surface area is 546 Å². The average Bonchev–Trinajstić information content (AvgIpc) is 1.61. The highest BCUT2D eigenvalue weighted by molar-refractivity contribution is 8.77. The summed E-state index contributed by atoms with van der Waals surface area (Å²) in [5, 5.41) is 3.18. The molecule has 2 aromatic carbocycles. The number of phosphoric acid groups is 3. The second kappa shape index (κ2) is 30.4. The first-order valence-electron chi connectivity index (χ1n) is 28.9. The molecule has 9 N–H and O–H groups in total. The number of fused-ring (bicyclic) bond motifs is 3. The molecule has 0 spiro atoms. The van der Waals surface area contributed by atoms with Crippen molar-refractivity contribution >= 4 is 117 Å². The van der Waals surface area contributed by atoms with Gasteiger partial charge in [-0.3, -0.25) is 23.6 Å². The Morgan fingerprint density at radius 2 is 1.68 bits per heavy atom. The summed E-state index contributed by atoms with van der Waals surface area (Å²) in [6.07, 6.45) is 11.8. The molecule has 0 bridgehead atoms. The molecule has 0 radical (unpaired) electrons. The van der Waals surface area contributed by atoms with Crippen LogP contribution in [0, 0.1) is 18.8 Å². The molecule has 4 aromatic rings. The first-order chi connectivity index (χ1) is 42.3. The Hall–Kier alpha value is -4.02. The van der Waals surface area contributed by atoms with Gasteiger partial charge in [-0.1, -0.05) is 119 Å². The molecule has 1 amide bonds. The van der Waals surface area contributed by atoms with E-state index in [-0.39, 0.29) is 73.2 Å². The van der Waals surface area contributed by atoms with Crippen LogP contribution in [0.15, 0.2) is 88.4 Å². The van der Waals surface area contributed by atoms with Crippen molar-refractivity contribution in [1.29, 1.82) is 0 Å². The van der Waals surface area contributed by atoms with Gasteiger partial charge in [0, 0.05) is 82.5 Å². The van der Waals surface area contributed by atoms with Gasteiger partial charge in [-0.2, -0.15) is 26.6 Å². The number of rotatable bonds is 30. The Morgan fingerprint density at radius 1 is 0.956 bits per heavy atom. The molecule has 5 heterocycles. The number of likely N-dealkylation sites (N-methyl/N-ethyl adjacent to an activating group) is 1. The van der Waals surface area contributed by atoms with Crippen molar-refractivity contribution in [1.82, 2.24) is 19.9 Å². The van der Waals surface area contributed by atoms with E-state index in [1.165, 1.54) is 71.7 Å². The first kappa shape index (κ1) is 74.4. The second-order valence-corrected chi connectivity index (χ2v) is 36.2. The summed E-state index contributed by atoms with van der Waals surface area (Å²) >= 11 is 0. The molecular weight excluding hydrogens is 1340 g/mol. The minimum Gasteiger partial charge on any atom is -0.369 e. The number of carbonyl (C=O) groups excluding carboxylic acids is 1. The number of nitrogens with one attached hydrogen (secondary N) is 2. The minimum atomic E-state index is -5.79. The van der Waals surface area contributed by atoms with Gasteiger partial charge in [0.25, 0.3) is 15.7 Å². The van der Waals surface area contributed by atoms with E-state index in [4.69, 9.17) is 34.3 Å². The number of anilines is 2. The van der Waals surface area contributed by atoms with Crippen molar-refractivity contribution in [2.45, 2.75) is 152 Å². The number of nitrogens with two attached hydrogens (primary N) is 1. The molecule has 25 nitrogen and oxygen atoms in total. The van der Waals surface area contributed by atoms with Crippen LogP contribution in [0.4, 0.5) is 17.3 Å². The van der Waals surface area contributed by atoms with Crippen LogP contribution in [0.3, 0.4) is 0 Å². The lowest BCUT2D eigenvalue weighted by atomic mass is 9.81. The minimum absolute atomic E-state index is 0.0171. The fraction of sp³-hybridized carbons (Fsp3) is 0.517. The van der Waals surface area contributed by atoms with Gasteiger partial charge in [0.2, 0.25) is 17.5 Å². The summed E-state index contributed by atoms with van der Waals surface area (Å²) in [5.74, 6) is 6.04. The van der Waals surface area contributed by atoms with Crippen molar-refractivity contribution in [3.8, 4) is 11.8 Å². The normalized spacial score (nSPS) is 20.2. The Morgan fingerprint density at radius 3 is 2.37 bits per heavy atom. The number of carbonyl (C=O) groups is 1. The van der Waals surface area contributed by atoms with E-state index in [1.54, 1.807) is 22.9 Å². The van der Waals surface area contributed by atoms with Gasteiger partial charge >= 0.3 is 23.5 Å². The number of allylic oxidation sites excluding steroid dienone is 6. The van der Waals surface area contributed by atoms with Crippen LogP contribution >= 0.6 is 66.6 Å². The number of nitrogen functional groups attached to an aromatic ring is 1. The Kier molecular flexibility index (Phi) is 24.8. The number of phosphoric ester groups is 1. The van der Waals surface area contributed by atoms with Crippen LogP contribution in [-0.2, 0) is 66.8 Å². The largest absolute Gasteiger partial charge is 0.490 e. The van der Waals surface area contributed by atoms with Crippen LogP contribution in [0.25, 0.3) is 11.0 Å². The molecule has 2 unspecified atom stereocenters. The number of aromatic nitrogens is 3. The predicted molar refractivity (Wildman–Crippen MR) is 359 cm³/mol. The van der Waals surface area contributed by atoms with E-state index in [9.17, 15) is 46.0 Å². The van der Waals surface area contributed by atoms with Gasteiger partial charge in [-0.05, 0) is 90.3 Å². The number of nitrogens with zero attached hydrogens (tertiary/aromatic N) is 4. The SMILES string of the molecule is CCN1\C(=C/C=C/C=C/C2=[N+](CCCCCC(=O)NCC(C)(C)SSCOCC#Cc3cn([C@H]4C[C@@H](OCSSC(C)(C)C)[C@@H](COP(=O)(O)OP(=O)(O)OP(=O)(O)O)O4)c4nc(N)[nH]c(=O)c34)c3ccc(C)cc3C2(C)C)C(C)(C)c2cc(S(=O)(=O)O)ccc21. The smallest absolute Gasteiger partial charge is 0.369 e. The third-order valence-corrected chi connectivity index (χ3v) is 25.3. The molecule has 5 atom stereocenters. The fourth-order valence-electron chi connectivity index (χ4n) is 10.6. The standard InChI is InChI=1S/C58H80N7O18P3S5/c1-12-63-43-27-25-40(91(75,76)77)31-42(43)58(10,11)47(63)21-15-13-16-22-48-57(8,9)41-30-38(2)24-26-44(41)64(48)28-18-14-17-23-49(66)60-35-56(6,7)90-87-36-78-29-19-20-39-33-65(52-51(39)53(67)62-54(59)61-52)50-32-45(79-37-88-89-55(3,4)5)46(81-50)34-80-85(71,72)83-86(73,74)82-84(68,69)70/h13,15-16,21-22,24-27,30-31,33,45-46,50H,12,14,17-18,23,28-29,32,34-37H2,1-11H3,(H8-,59,60,61,62,66,67,68,69,70,71,72,73,74,75,76,77)/p+1/t45-,46-,50-/m1/s1. The van der Waals surface area contributed by atoms with Crippen LogP contribution in [0.1, 0.15) is 130 Å². The maximum Gasteiger partial charge on any atom is 0.490 e. The third-order valence-electron chi connectivity index (χ3n) is 14.7. The number of amides is 1. The fourth-order valence-corrected chi connectivity index (χ4v) is 18.3. The van der Waals surface area contributed by atoms with E-state index in [1.807, 2.05) is 53.7 Å². The van der Waals surface area contributed by atoms with E-state index in [0.717, 1.165) is 42.8 Å². The molecule has 33 heteroatoms.